The van der Waals surface area contributed by atoms with Gasteiger partial charge in [0.15, 0.2) is 5.76 Å². The molecule has 1 fully saturated rings. The Balaban J connectivity index is 1.37. The molecule has 0 saturated carbocycles. The summed E-state index contributed by atoms with van der Waals surface area (Å²) in [6, 6.07) is 12.6. The number of hydrogen-bond donors (Lipinski definition) is 2. The number of carbonyl (C=O) groups is 2. The van der Waals surface area contributed by atoms with Crippen LogP contribution in [0.1, 0.15) is 31.9 Å². The molecule has 0 bridgehead atoms. The van der Waals surface area contributed by atoms with Gasteiger partial charge in [-0.3, -0.25) is 9.59 Å². The molecule has 0 spiro atoms. The molecule has 0 atom stereocenters. The molecule has 3 heterocycles. The van der Waals surface area contributed by atoms with Gasteiger partial charge in [-0.25, -0.2) is 0 Å². The van der Waals surface area contributed by atoms with E-state index in [-0.39, 0.29) is 29.3 Å². The molecule has 3 aromatic rings. The third kappa shape index (κ3) is 4.64. The Morgan fingerprint density at radius 1 is 1.19 bits per heavy atom. The number of nitriles is 1. The molecule has 9 heteroatoms. The first kappa shape index (κ1) is 21.2. The van der Waals surface area contributed by atoms with Gasteiger partial charge in [0.25, 0.3) is 5.89 Å². The standard InChI is InChI=1S/C23H23N5O4/c1-2-20(29)25-16-5-3-6-17(13-16)26-21(30)15-8-10-28(11-9-15)23-18(14-24)27-22(32-23)19-7-4-12-31-19/h3-7,12-13,15H,2,8-11H2,1H3,(H,25,29)(H,26,30). The number of piperidine rings is 1. The van der Waals surface area contributed by atoms with Gasteiger partial charge in [-0.2, -0.15) is 10.2 Å². The monoisotopic (exact) mass is 433 g/mol. The fourth-order valence-corrected chi connectivity index (χ4v) is 3.62. The highest BCUT2D eigenvalue weighted by molar-refractivity contribution is 5.95. The molecule has 1 aliphatic heterocycles. The number of nitrogens with one attached hydrogen (secondary N) is 2. The number of hydrogen-bond acceptors (Lipinski definition) is 7. The molecule has 2 amide bonds. The van der Waals surface area contributed by atoms with Crippen molar-refractivity contribution < 1.29 is 18.4 Å². The van der Waals surface area contributed by atoms with E-state index in [9.17, 15) is 14.9 Å². The molecule has 9 nitrogen and oxygen atoms in total. The topological polar surface area (TPSA) is 124 Å². The Morgan fingerprint density at radius 2 is 1.94 bits per heavy atom. The average Bonchev–Trinajstić information content (AvgIpc) is 3.49. The van der Waals surface area contributed by atoms with Crippen molar-refractivity contribution in [2.45, 2.75) is 26.2 Å². The summed E-state index contributed by atoms with van der Waals surface area (Å²) in [5.41, 5.74) is 1.48. The summed E-state index contributed by atoms with van der Waals surface area (Å²) in [6.45, 7) is 2.90. The number of aromatic nitrogens is 1. The average molecular weight is 433 g/mol. The number of furan rings is 1. The number of carbonyl (C=O) groups excluding carboxylic acids is 2. The minimum atomic E-state index is -0.168. The summed E-state index contributed by atoms with van der Waals surface area (Å²) in [6.07, 6.45) is 3.12. The van der Waals surface area contributed by atoms with Crippen molar-refractivity contribution in [3.05, 3.63) is 48.4 Å². The Morgan fingerprint density at radius 3 is 2.59 bits per heavy atom. The summed E-state index contributed by atoms with van der Waals surface area (Å²) >= 11 is 0. The number of nitrogens with zero attached hydrogens (tertiary/aromatic N) is 3. The maximum absolute atomic E-state index is 12.8. The normalized spacial score (nSPS) is 14.1. The lowest BCUT2D eigenvalue weighted by atomic mass is 9.96. The van der Waals surface area contributed by atoms with E-state index in [0.717, 1.165) is 0 Å². The van der Waals surface area contributed by atoms with Gasteiger partial charge in [-0.05, 0) is 43.2 Å². The second kappa shape index (κ2) is 9.39. The summed E-state index contributed by atoms with van der Waals surface area (Å²) in [5, 5.41) is 15.2. The van der Waals surface area contributed by atoms with E-state index in [4.69, 9.17) is 8.83 Å². The first-order chi connectivity index (χ1) is 15.6. The number of oxazole rings is 1. The van der Waals surface area contributed by atoms with Gasteiger partial charge in [-0.1, -0.05) is 13.0 Å². The zero-order valence-electron chi connectivity index (χ0n) is 17.6. The van der Waals surface area contributed by atoms with E-state index in [0.29, 0.717) is 55.4 Å². The van der Waals surface area contributed by atoms with Crippen molar-refractivity contribution in [2.24, 2.45) is 5.92 Å². The van der Waals surface area contributed by atoms with E-state index in [1.807, 2.05) is 4.90 Å². The lowest BCUT2D eigenvalue weighted by molar-refractivity contribution is -0.120. The molecule has 4 rings (SSSR count). The van der Waals surface area contributed by atoms with E-state index in [1.165, 1.54) is 6.26 Å². The smallest absolute Gasteiger partial charge is 0.266 e. The molecule has 2 aromatic heterocycles. The van der Waals surface area contributed by atoms with Crippen molar-refractivity contribution >= 4 is 29.1 Å². The molecule has 164 valence electrons. The number of amides is 2. The van der Waals surface area contributed by atoms with Gasteiger partial charge in [0.2, 0.25) is 23.4 Å². The number of benzene rings is 1. The molecular weight excluding hydrogens is 410 g/mol. The van der Waals surface area contributed by atoms with Crippen LogP contribution in [0.4, 0.5) is 17.3 Å². The number of rotatable bonds is 6. The molecule has 0 aliphatic carbocycles. The van der Waals surface area contributed by atoms with Gasteiger partial charge < -0.3 is 24.4 Å². The van der Waals surface area contributed by atoms with Crippen LogP contribution in [0, 0.1) is 17.2 Å². The van der Waals surface area contributed by atoms with E-state index < -0.39 is 0 Å². The van der Waals surface area contributed by atoms with Crippen LogP contribution in [-0.4, -0.2) is 29.9 Å². The van der Waals surface area contributed by atoms with Crippen molar-refractivity contribution in [2.75, 3.05) is 28.6 Å². The molecule has 1 aromatic carbocycles. The quantitative estimate of drug-likeness (QED) is 0.602. The summed E-state index contributed by atoms with van der Waals surface area (Å²) < 4.78 is 11.1. The van der Waals surface area contributed by atoms with Crippen LogP contribution in [0.2, 0.25) is 0 Å². The van der Waals surface area contributed by atoms with Crippen LogP contribution in [0.3, 0.4) is 0 Å². The largest absolute Gasteiger partial charge is 0.459 e. The summed E-state index contributed by atoms with van der Waals surface area (Å²) in [5.74, 6) is 0.796. The van der Waals surface area contributed by atoms with Crippen LogP contribution in [-0.2, 0) is 9.59 Å². The highest BCUT2D eigenvalue weighted by atomic mass is 16.4. The van der Waals surface area contributed by atoms with Crippen molar-refractivity contribution in [1.29, 1.82) is 5.26 Å². The van der Waals surface area contributed by atoms with E-state index in [2.05, 4.69) is 21.7 Å². The van der Waals surface area contributed by atoms with Crippen LogP contribution in [0.5, 0.6) is 0 Å². The fourth-order valence-electron chi connectivity index (χ4n) is 3.62. The van der Waals surface area contributed by atoms with E-state index in [1.54, 1.807) is 43.3 Å². The third-order valence-corrected chi connectivity index (χ3v) is 5.34. The van der Waals surface area contributed by atoms with Crippen LogP contribution in [0.15, 0.2) is 51.5 Å². The lowest BCUT2D eigenvalue weighted by Crippen LogP contribution is -2.38. The first-order valence-electron chi connectivity index (χ1n) is 10.5. The molecule has 0 radical (unpaired) electrons. The summed E-state index contributed by atoms with van der Waals surface area (Å²) in [4.78, 5) is 30.5. The molecule has 32 heavy (non-hydrogen) atoms. The zero-order chi connectivity index (χ0) is 22.5. The van der Waals surface area contributed by atoms with Gasteiger partial charge in [0, 0.05) is 36.8 Å². The Labute approximate surface area is 185 Å². The molecular formula is C23H23N5O4. The lowest BCUT2D eigenvalue weighted by Gasteiger charge is -2.31. The number of anilines is 3. The Kier molecular flexibility index (Phi) is 6.22. The maximum atomic E-state index is 12.8. The fraction of sp³-hybridized carbons (Fsp3) is 0.304. The van der Waals surface area contributed by atoms with Crippen molar-refractivity contribution in [3.63, 3.8) is 0 Å². The molecule has 1 saturated heterocycles. The van der Waals surface area contributed by atoms with E-state index >= 15 is 0 Å². The Hall–Kier alpha value is -4.06. The summed E-state index contributed by atoms with van der Waals surface area (Å²) in [7, 11) is 0. The van der Waals surface area contributed by atoms with Gasteiger partial charge in [-0.15, -0.1) is 0 Å². The molecule has 1 aliphatic rings. The van der Waals surface area contributed by atoms with Gasteiger partial charge >= 0.3 is 0 Å². The van der Waals surface area contributed by atoms with Gasteiger partial charge in [0.05, 0.1) is 6.26 Å². The Bertz CT molecular complexity index is 1140. The molecule has 0 unspecified atom stereocenters. The SMILES string of the molecule is CCC(=O)Nc1cccc(NC(=O)C2CCN(c3oc(-c4ccco4)nc3C#N)CC2)c1. The zero-order valence-corrected chi connectivity index (χ0v) is 17.6. The van der Waals surface area contributed by atoms with Gasteiger partial charge in [0.1, 0.15) is 6.07 Å². The minimum absolute atomic E-state index is 0.0713. The second-order valence-electron chi connectivity index (χ2n) is 7.49. The predicted octanol–water partition coefficient (Wildman–Crippen LogP) is 4.01. The van der Waals surface area contributed by atoms with Crippen molar-refractivity contribution in [1.82, 2.24) is 4.98 Å². The molecule has 2 N–H and O–H groups in total. The van der Waals surface area contributed by atoms with Crippen LogP contribution >= 0.6 is 0 Å². The predicted molar refractivity (Wildman–Crippen MR) is 118 cm³/mol. The van der Waals surface area contributed by atoms with Crippen LogP contribution in [0.25, 0.3) is 11.7 Å². The highest BCUT2D eigenvalue weighted by Gasteiger charge is 2.29. The first-order valence-corrected chi connectivity index (χ1v) is 10.5. The maximum Gasteiger partial charge on any atom is 0.266 e. The minimum Gasteiger partial charge on any atom is -0.459 e. The third-order valence-electron chi connectivity index (χ3n) is 5.34. The van der Waals surface area contributed by atoms with Crippen LogP contribution < -0.4 is 15.5 Å². The second-order valence-corrected chi connectivity index (χ2v) is 7.49. The highest BCUT2D eigenvalue weighted by Crippen LogP contribution is 2.31. The van der Waals surface area contributed by atoms with Crippen molar-refractivity contribution in [3.8, 4) is 17.7 Å².